The molecule has 0 radical (unpaired) electrons. The van der Waals surface area contributed by atoms with Crippen molar-refractivity contribution in [3.05, 3.63) is 150 Å². The molecule has 6 rings (SSSR count). The molecule has 1 fully saturated rings. The van der Waals surface area contributed by atoms with Crippen molar-refractivity contribution in [1.29, 1.82) is 0 Å². The molecule has 1 atom stereocenters. The summed E-state index contributed by atoms with van der Waals surface area (Å²) in [6.07, 6.45) is 0. The van der Waals surface area contributed by atoms with E-state index in [9.17, 15) is 14.7 Å². The number of anilines is 1. The van der Waals surface area contributed by atoms with Gasteiger partial charge in [-0.2, -0.15) is 0 Å². The SMILES string of the molecule is O=C1C(=O)N(c2ccccc2)C(c2ccc(OCc3ccccc3)cc2)/C1=C(/O)c1cccc2ccccc12. The Hall–Kier alpha value is -5.16. The summed E-state index contributed by atoms with van der Waals surface area (Å²) in [6.45, 7) is 0.420. The van der Waals surface area contributed by atoms with Crippen LogP contribution in [0.1, 0.15) is 22.7 Å². The van der Waals surface area contributed by atoms with E-state index in [1.54, 1.807) is 18.2 Å². The standard InChI is InChI=1S/C34H25NO4/c36-32(29-17-9-13-24-12-7-8-16-28(24)29)30-31(35(34(38)33(30)37)26-14-5-2-6-15-26)25-18-20-27(21-19-25)39-22-23-10-3-1-4-11-23/h1-21,31,36H,22H2/b32-30-. The van der Waals surface area contributed by atoms with Crippen molar-refractivity contribution in [3.8, 4) is 5.75 Å². The van der Waals surface area contributed by atoms with Crippen molar-refractivity contribution in [2.45, 2.75) is 12.6 Å². The van der Waals surface area contributed by atoms with Gasteiger partial charge in [-0.25, -0.2) is 0 Å². The van der Waals surface area contributed by atoms with Gasteiger partial charge in [0.1, 0.15) is 18.1 Å². The van der Waals surface area contributed by atoms with Crippen LogP contribution in [-0.4, -0.2) is 16.8 Å². The Morgan fingerprint density at radius 2 is 1.36 bits per heavy atom. The zero-order valence-electron chi connectivity index (χ0n) is 21.0. The van der Waals surface area contributed by atoms with E-state index in [0.717, 1.165) is 16.3 Å². The molecule has 1 unspecified atom stereocenters. The molecular formula is C34H25NO4. The van der Waals surface area contributed by atoms with Gasteiger partial charge < -0.3 is 9.84 Å². The molecule has 1 heterocycles. The Balaban J connectivity index is 1.44. The van der Waals surface area contributed by atoms with Crippen LogP contribution in [0.25, 0.3) is 16.5 Å². The summed E-state index contributed by atoms with van der Waals surface area (Å²) in [5, 5.41) is 13.3. The third-order valence-corrected chi connectivity index (χ3v) is 6.97. The minimum absolute atomic E-state index is 0.0539. The lowest BCUT2D eigenvalue weighted by molar-refractivity contribution is -0.132. The van der Waals surface area contributed by atoms with Crippen LogP contribution in [0, 0.1) is 0 Å². The second-order valence-corrected chi connectivity index (χ2v) is 9.37. The molecule has 5 nitrogen and oxygen atoms in total. The molecule has 39 heavy (non-hydrogen) atoms. The van der Waals surface area contributed by atoms with E-state index in [1.165, 1.54) is 4.90 Å². The van der Waals surface area contributed by atoms with Gasteiger partial charge >= 0.3 is 0 Å². The Morgan fingerprint density at radius 3 is 2.10 bits per heavy atom. The van der Waals surface area contributed by atoms with E-state index in [4.69, 9.17) is 4.74 Å². The fourth-order valence-corrected chi connectivity index (χ4v) is 5.07. The Labute approximate surface area is 226 Å². The summed E-state index contributed by atoms with van der Waals surface area (Å²) in [5.41, 5.74) is 2.87. The van der Waals surface area contributed by atoms with Gasteiger partial charge in [0, 0.05) is 11.3 Å². The number of rotatable bonds is 6. The van der Waals surface area contributed by atoms with Gasteiger partial charge in [0.25, 0.3) is 11.7 Å². The minimum Gasteiger partial charge on any atom is -0.507 e. The summed E-state index contributed by atoms with van der Waals surface area (Å²) in [4.78, 5) is 28.4. The number of amides is 1. The average molecular weight is 512 g/mol. The zero-order valence-corrected chi connectivity index (χ0v) is 21.0. The average Bonchev–Trinajstić information content (AvgIpc) is 3.26. The molecule has 190 valence electrons. The van der Waals surface area contributed by atoms with Crippen LogP contribution >= 0.6 is 0 Å². The highest BCUT2D eigenvalue weighted by atomic mass is 16.5. The van der Waals surface area contributed by atoms with E-state index < -0.39 is 17.7 Å². The second-order valence-electron chi connectivity index (χ2n) is 9.37. The number of aliphatic hydroxyl groups is 1. The Bertz CT molecular complexity index is 1690. The zero-order chi connectivity index (χ0) is 26.8. The van der Waals surface area contributed by atoms with E-state index in [-0.39, 0.29) is 11.3 Å². The Kier molecular flexibility index (Phi) is 6.39. The maximum atomic E-state index is 13.5. The molecule has 5 aromatic carbocycles. The van der Waals surface area contributed by atoms with Crippen LogP contribution in [0.3, 0.4) is 0 Å². The topological polar surface area (TPSA) is 66.8 Å². The lowest BCUT2D eigenvalue weighted by Crippen LogP contribution is -2.29. The van der Waals surface area contributed by atoms with Crippen molar-refractivity contribution >= 4 is 33.9 Å². The number of carbonyl (C=O) groups excluding carboxylic acids is 2. The van der Waals surface area contributed by atoms with E-state index >= 15 is 0 Å². The maximum Gasteiger partial charge on any atom is 0.300 e. The number of nitrogens with zero attached hydrogens (tertiary/aromatic N) is 1. The molecule has 0 aromatic heterocycles. The number of fused-ring (bicyclic) bond motifs is 1. The highest BCUT2D eigenvalue weighted by Gasteiger charge is 2.47. The summed E-state index contributed by atoms with van der Waals surface area (Å²) < 4.78 is 5.95. The quantitative estimate of drug-likeness (QED) is 0.151. The first kappa shape index (κ1) is 24.2. The van der Waals surface area contributed by atoms with E-state index in [0.29, 0.717) is 29.2 Å². The summed E-state index contributed by atoms with van der Waals surface area (Å²) in [7, 11) is 0. The normalized spacial score (nSPS) is 16.5. The lowest BCUT2D eigenvalue weighted by Gasteiger charge is -2.25. The number of ketones is 1. The molecule has 0 bridgehead atoms. The minimum atomic E-state index is -0.811. The fourth-order valence-electron chi connectivity index (χ4n) is 5.07. The molecule has 0 spiro atoms. The summed E-state index contributed by atoms with van der Waals surface area (Å²) in [5.74, 6) is -0.942. The fraction of sp³-hybridized carbons (Fsp3) is 0.0588. The highest BCUT2D eigenvalue weighted by molar-refractivity contribution is 6.51. The predicted molar refractivity (Wildman–Crippen MR) is 152 cm³/mol. The van der Waals surface area contributed by atoms with Crippen LogP contribution in [0.5, 0.6) is 5.75 Å². The first-order chi connectivity index (χ1) is 19.1. The van der Waals surface area contributed by atoms with Crippen molar-refractivity contribution in [2.75, 3.05) is 4.90 Å². The largest absolute Gasteiger partial charge is 0.507 e. The number of para-hydroxylation sites is 1. The third-order valence-electron chi connectivity index (χ3n) is 6.97. The van der Waals surface area contributed by atoms with Gasteiger partial charge in [0.15, 0.2) is 0 Å². The van der Waals surface area contributed by atoms with Crippen LogP contribution in [-0.2, 0) is 16.2 Å². The van der Waals surface area contributed by atoms with Crippen LogP contribution in [0.15, 0.2) is 133 Å². The van der Waals surface area contributed by atoms with Crippen LogP contribution in [0.4, 0.5) is 5.69 Å². The third kappa shape index (κ3) is 4.55. The molecule has 1 saturated heterocycles. The number of benzene rings is 5. The van der Waals surface area contributed by atoms with Crippen molar-refractivity contribution in [2.24, 2.45) is 0 Å². The predicted octanol–water partition coefficient (Wildman–Crippen LogP) is 7.05. The highest BCUT2D eigenvalue weighted by Crippen LogP contribution is 2.43. The van der Waals surface area contributed by atoms with Gasteiger partial charge in [-0.05, 0) is 46.2 Å². The molecule has 1 aliphatic rings. The van der Waals surface area contributed by atoms with E-state index in [1.807, 2.05) is 109 Å². The lowest BCUT2D eigenvalue weighted by atomic mass is 9.93. The van der Waals surface area contributed by atoms with E-state index in [2.05, 4.69) is 0 Å². The van der Waals surface area contributed by atoms with Crippen molar-refractivity contribution < 1.29 is 19.4 Å². The number of ether oxygens (including phenoxy) is 1. The van der Waals surface area contributed by atoms with Gasteiger partial charge in [0.05, 0.1) is 11.6 Å². The number of carbonyl (C=O) groups is 2. The van der Waals surface area contributed by atoms with Crippen LogP contribution < -0.4 is 9.64 Å². The maximum absolute atomic E-state index is 13.5. The molecule has 1 aliphatic heterocycles. The molecule has 1 N–H and O–H groups in total. The van der Waals surface area contributed by atoms with Gasteiger partial charge in [-0.3, -0.25) is 14.5 Å². The smallest absolute Gasteiger partial charge is 0.300 e. The first-order valence-electron chi connectivity index (χ1n) is 12.7. The number of Topliss-reactive ketones (excluding diaryl/α,β-unsaturated/α-hetero) is 1. The Morgan fingerprint density at radius 1 is 0.718 bits per heavy atom. The molecule has 5 aromatic rings. The van der Waals surface area contributed by atoms with Gasteiger partial charge in [-0.15, -0.1) is 0 Å². The molecule has 0 saturated carbocycles. The summed E-state index contributed by atoms with van der Waals surface area (Å²) >= 11 is 0. The molecule has 5 heteroatoms. The van der Waals surface area contributed by atoms with Gasteiger partial charge in [0.2, 0.25) is 0 Å². The monoisotopic (exact) mass is 511 g/mol. The van der Waals surface area contributed by atoms with Gasteiger partial charge in [-0.1, -0.05) is 103 Å². The molecule has 0 aliphatic carbocycles. The second kappa shape index (κ2) is 10.3. The number of hydrogen-bond donors (Lipinski definition) is 1. The van der Waals surface area contributed by atoms with Crippen LogP contribution in [0.2, 0.25) is 0 Å². The molecular weight excluding hydrogens is 486 g/mol. The summed E-state index contributed by atoms with van der Waals surface area (Å²) in [6, 6.07) is 38.6. The first-order valence-corrected chi connectivity index (χ1v) is 12.7. The number of aliphatic hydroxyl groups excluding tert-OH is 1. The molecule has 1 amide bonds. The van der Waals surface area contributed by atoms with Crippen molar-refractivity contribution in [1.82, 2.24) is 0 Å². The number of hydrogen-bond acceptors (Lipinski definition) is 4. The van der Waals surface area contributed by atoms with Crippen molar-refractivity contribution in [3.63, 3.8) is 0 Å².